The van der Waals surface area contributed by atoms with Gasteiger partial charge in [0.2, 0.25) is 0 Å². The van der Waals surface area contributed by atoms with E-state index in [0.29, 0.717) is 25.6 Å². The van der Waals surface area contributed by atoms with Crippen LogP contribution in [0.15, 0.2) is 53.5 Å². The Morgan fingerprint density at radius 2 is 1.91 bits per heavy atom. The molecule has 2 aromatic rings. The lowest BCUT2D eigenvalue weighted by molar-refractivity contribution is -0.384. The third kappa shape index (κ3) is 8.69. The summed E-state index contributed by atoms with van der Waals surface area (Å²) in [5.74, 6) is 2.78. The summed E-state index contributed by atoms with van der Waals surface area (Å²) in [5, 5.41) is 14.3. The van der Waals surface area contributed by atoms with Crippen LogP contribution < -0.4 is 14.8 Å². The number of nitro benzene ring substituents is 1. The normalized spacial score (nSPS) is 15.5. The molecule has 9 nitrogen and oxygen atoms in total. The van der Waals surface area contributed by atoms with Crippen LogP contribution in [-0.2, 0) is 11.3 Å². The average Bonchev–Trinajstić information content (AvgIpc) is 3.33. The van der Waals surface area contributed by atoms with Crippen molar-refractivity contribution < 1.29 is 19.1 Å². The van der Waals surface area contributed by atoms with Crippen LogP contribution in [0.2, 0.25) is 0 Å². The number of aliphatic imine (C=N–C) groups is 1. The van der Waals surface area contributed by atoms with Gasteiger partial charge in [0.05, 0.1) is 31.7 Å². The molecule has 1 N–H and O–H groups in total. The zero-order valence-electron chi connectivity index (χ0n) is 18.9. The minimum Gasteiger partial charge on any atom is -0.497 e. The average molecular weight is 570 g/mol. The van der Waals surface area contributed by atoms with Gasteiger partial charge in [-0.05, 0) is 36.2 Å². The molecular formula is C23H31IN4O5. The van der Waals surface area contributed by atoms with Crippen LogP contribution in [0.25, 0.3) is 0 Å². The second kappa shape index (κ2) is 13.8. The number of likely N-dealkylation sites (N-methyl/N-ethyl adjacent to an activating group) is 1. The van der Waals surface area contributed by atoms with E-state index in [4.69, 9.17) is 19.2 Å². The third-order valence-corrected chi connectivity index (χ3v) is 5.25. The zero-order valence-corrected chi connectivity index (χ0v) is 21.3. The Morgan fingerprint density at radius 3 is 2.52 bits per heavy atom. The van der Waals surface area contributed by atoms with Crippen LogP contribution in [0.5, 0.6) is 11.5 Å². The minimum absolute atomic E-state index is 0. The second-order valence-corrected chi connectivity index (χ2v) is 7.62. The number of halogens is 1. The van der Waals surface area contributed by atoms with Crippen molar-refractivity contribution in [3.8, 4) is 11.5 Å². The fraction of sp³-hybridized carbons (Fsp3) is 0.435. The number of methoxy groups -OCH3 is 1. The number of rotatable bonds is 10. The molecule has 1 saturated heterocycles. The Kier molecular flexibility index (Phi) is 11.2. The number of benzene rings is 2. The molecule has 1 atom stereocenters. The van der Waals surface area contributed by atoms with Gasteiger partial charge in [-0.3, -0.25) is 10.1 Å². The molecule has 0 spiro atoms. The van der Waals surface area contributed by atoms with Crippen molar-refractivity contribution in [2.45, 2.75) is 13.0 Å². The van der Waals surface area contributed by atoms with Crippen LogP contribution in [0.3, 0.4) is 0 Å². The number of hydrogen-bond donors (Lipinski definition) is 1. The van der Waals surface area contributed by atoms with Gasteiger partial charge in [0.25, 0.3) is 5.69 Å². The van der Waals surface area contributed by atoms with E-state index in [9.17, 15) is 10.1 Å². The molecule has 2 aromatic carbocycles. The molecule has 0 saturated carbocycles. The maximum Gasteiger partial charge on any atom is 0.269 e. The van der Waals surface area contributed by atoms with Gasteiger partial charge in [0, 0.05) is 38.2 Å². The van der Waals surface area contributed by atoms with Crippen molar-refractivity contribution >= 4 is 35.6 Å². The first-order valence-corrected chi connectivity index (χ1v) is 10.6. The van der Waals surface area contributed by atoms with E-state index >= 15 is 0 Å². The summed E-state index contributed by atoms with van der Waals surface area (Å²) in [4.78, 5) is 17.2. The van der Waals surface area contributed by atoms with E-state index in [-0.39, 0.29) is 29.7 Å². The van der Waals surface area contributed by atoms with E-state index in [1.165, 1.54) is 12.1 Å². The van der Waals surface area contributed by atoms with Gasteiger partial charge < -0.3 is 24.4 Å². The largest absolute Gasteiger partial charge is 0.497 e. The van der Waals surface area contributed by atoms with Crippen LogP contribution in [-0.4, -0.2) is 62.9 Å². The summed E-state index contributed by atoms with van der Waals surface area (Å²) in [6.07, 6.45) is 1.03. The van der Waals surface area contributed by atoms with E-state index < -0.39 is 4.92 Å². The lowest BCUT2D eigenvalue weighted by Crippen LogP contribution is -2.43. The maximum atomic E-state index is 10.8. The van der Waals surface area contributed by atoms with Crippen LogP contribution in [0.4, 0.5) is 5.69 Å². The molecule has 3 rings (SSSR count). The summed E-state index contributed by atoms with van der Waals surface area (Å²) in [6, 6.07) is 13.9. The van der Waals surface area contributed by atoms with Crippen molar-refractivity contribution in [1.29, 1.82) is 0 Å². The highest BCUT2D eigenvalue weighted by Crippen LogP contribution is 2.17. The van der Waals surface area contributed by atoms with E-state index in [0.717, 1.165) is 49.2 Å². The highest BCUT2D eigenvalue weighted by molar-refractivity contribution is 14.0. The Hall–Kier alpha value is -2.60. The van der Waals surface area contributed by atoms with Gasteiger partial charge in [-0.1, -0.05) is 12.1 Å². The molecule has 0 radical (unpaired) electrons. The number of ether oxygens (including phenoxy) is 3. The second-order valence-electron chi connectivity index (χ2n) is 7.62. The summed E-state index contributed by atoms with van der Waals surface area (Å²) in [5.41, 5.74) is 0.979. The first kappa shape index (κ1) is 26.7. The first-order chi connectivity index (χ1) is 15.5. The molecule has 0 bridgehead atoms. The summed E-state index contributed by atoms with van der Waals surface area (Å²) >= 11 is 0. The highest BCUT2D eigenvalue weighted by Gasteiger charge is 2.17. The summed E-state index contributed by atoms with van der Waals surface area (Å²) < 4.78 is 16.5. The predicted molar refractivity (Wildman–Crippen MR) is 138 cm³/mol. The molecule has 1 heterocycles. The SMILES string of the molecule is COc1ccc(OCCN(C)C(=NCc2ccc([N+](=O)[O-])cc2)NCC2CCOC2)cc1.I. The van der Waals surface area contributed by atoms with Gasteiger partial charge in [-0.2, -0.15) is 0 Å². The fourth-order valence-electron chi connectivity index (χ4n) is 3.26. The number of nitrogens with zero attached hydrogens (tertiary/aromatic N) is 3. The number of guanidine groups is 1. The lowest BCUT2D eigenvalue weighted by Gasteiger charge is -2.24. The van der Waals surface area contributed by atoms with Crippen molar-refractivity contribution in [3.63, 3.8) is 0 Å². The lowest BCUT2D eigenvalue weighted by atomic mass is 10.1. The van der Waals surface area contributed by atoms with Gasteiger partial charge in [0.1, 0.15) is 18.1 Å². The summed E-state index contributed by atoms with van der Waals surface area (Å²) in [6.45, 7) is 3.89. The molecule has 1 fully saturated rings. The molecule has 10 heteroatoms. The summed E-state index contributed by atoms with van der Waals surface area (Å²) in [7, 11) is 3.59. The number of nitro groups is 1. The van der Waals surface area contributed by atoms with Gasteiger partial charge in [-0.15, -0.1) is 24.0 Å². The Bertz CT molecular complexity index is 887. The van der Waals surface area contributed by atoms with Crippen LogP contribution in [0, 0.1) is 16.0 Å². The molecule has 0 aromatic heterocycles. The van der Waals surface area contributed by atoms with E-state index in [2.05, 4.69) is 5.32 Å². The molecule has 0 amide bonds. The van der Waals surface area contributed by atoms with Crippen molar-refractivity contribution in [3.05, 3.63) is 64.2 Å². The third-order valence-electron chi connectivity index (χ3n) is 5.25. The van der Waals surface area contributed by atoms with E-state index in [1.54, 1.807) is 19.2 Å². The highest BCUT2D eigenvalue weighted by atomic mass is 127. The molecular weight excluding hydrogens is 539 g/mol. The molecule has 1 aliphatic heterocycles. The van der Waals surface area contributed by atoms with Crippen LogP contribution in [0.1, 0.15) is 12.0 Å². The maximum absolute atomic E-state index is 10.8. The van der Waals surface area contributed by atoms with Gasteiger partial charge >= 0.3 is 0 Å². The number of nitrogens with one attached hydrogen (secondary N) is 1. The zero-order chi connectivity index (χ0) is 22.8. The topological polar surface area (TPSA) is 98.5 Å². The predicted octanol–water partition coefficient (Wildman–Crippen LogP) is 3.71. The Balaban J connectivity index is 0.00000385. The number of non-ortho nitro benzene ring substituents is 1. The van der Waals surface area contributed by atoms with Crippen molar-refractivity contribution in [2.75, 3.05) is 47.1 Å². The number of hydrogen-bond acceptors (Lipinski definition) is 6. The molecule has 33 heavy (non-hydrogen) atoms. The molecule has 1 unspecified atom stereocenters. The van der Waals surface area contributed by atoms with E-state index in [1.807, 2.05) is 36.2 Å². The van der Waals surface area contributed by atoms with Crippen molar-refractivity contribution in [1.82, 2.24) is 10.2 Å². The van der Waals surface area contributed by atoms with Crippen LogP contribution >= 0.6 is 24.0 Å². The standard InChI is InChI=1S/C23H30N4O5.HI/c1-26(12-14-32-22-9-7-21(30-2)8-10-22)23(25-16-19-11-13-31-17-19)24-15-18-3-5-20(6-4-18)27(28)29;/h3-10,19H,11-17H2,1-2H3,(H,24,25);1H. The van der Waals surface area contributed by atoms with Crippen molar-refractivity contribution in [2.24, 2.45) is 10.9 Å². The minimum atomic E-state index is -0.402. The Morgan fingerprint density at radius 1 is 1.21 bits per heavy atom. The first-order valence-electron chi connectivity index (χ1n) is 10.6. The Labute approximate surface area is 211 Å². The van der Waals surface area contributed by atoms with Gasteiger partial charge in [0.15, 0.2) is 5.96 Å². The quantitative estimate of drug-likeness (QED) is 0.153. The molecule has 1 aliphatic rings. The molecule has 0 aliphatic carbocycles. The molecule has 180 valence electrons. The smallest absolute Gasteiger partial charge is 0.269 e. The van der Waals surface area contributed by atoms with Gasteiger partial charge in [-0.25, -0.2) is 4.99 Å². The fourth-order valence-corrected chi connectivity index (χ4v) is 3.26. The monoisotopic (exact) mass is 570 g/mol.